The van der Waals surface area contributed by atoms with Crippen molar-refractivity contribution < 1.29 is 62.3 Å². The highest BCUT2D eigenvalue weighted by Gasteiger charge is 2.38. The Kier molecular flexibility index (Phi) is 13.9. The zero-order valence-electron chi connectivity index (χ0n) is 27.5. The third-order valence-electron chi connectivity index (χ3n) is 7.14. The lowest BCUT2D eigenvalue weighted by Gasteiger charge is -2.26. The number of amides is 4. The summed E-state index contributed by atoms with van der Waals surface area (Å²) in [5, 5.41) is 14.6. The van der Waals surface area contributed by atoms with Crippen LogP contribution in [0.25, 0.3) is 0 Å². The summed E-state index contributed by atoms with van der Waals surface area (Å²) in [6.45, 7) is 6.50. The summed E-state index contributed by atoms with van der Waals surface area (Å²) in [5.41, 5.74) is -8.00. The molecule has 6 N–H and O–H groups in total. The fourth-order valence-electron chi connectivity index (χ4n) is 4.27. The molecule has 21 heteroatoms. The molecule has 0 fully saturated rings. The second-order valence-corrected chi connectivity index (χ2v) is 11.8. The van der Waals surface area contributed by atoms with Gasteiger partial charge >= 0.3 is 36.8 Å². The van der Waals surface area contributed by atoms with E-state index in [9.17, 15) is 62.3 Å². The number of urea groups is 2. The fourth-order valence-corrected chi connectivity index (χ4v) is 4.27. The first kappa shape index (κ1) is 42.6. The Morgan fingerprint density at radius 2 is 0.824 bits per heavy atom. The quantitative estimate of drug-likeness (QED) is 0.0840. The van der Waals surface area contributed by atoms with E-state index in [4.69, 9.17) is 0 Å². The van der Waals surface area contributed by atoms with Crippen LogP contribution in [0.15, 0.2) is 41.4 Å². The lowest BCUT2D eigenvalue weighted by Crippen LogP contribution is -2.53. The van der Waals surface area contributed by atoms with Crippen LogP contribution in [0.1, 0.15) is 49.9 Å². The maximum Gasteiger partial charge on any atom is 0.416 e. The van der Waals surface area contributed by atoms with Crippen molar-refractivity contribution in [2.45, 2.75) is 64.5 Å². The van der Waals surface area contributed by atoms with E-state index in [1.807, 2.05) is 10.6 Å². The number of anilines is 2. The maximum absolute atomic E-state index is 13.2. The number of nitrogens with zero attached hydrogens (tertiary/aromatic N) is 1. The molecule has 4 amide bonds. The Bertz CT molecular complexity index is 1360. The number of alkyl halides is 12. The van der Waals surface area contributed by atoms with E-state index in [1.54, 1.807) is 27.7 Å². The molecule has 0 saturated heterocycles. The molecule has 2 rings (SSSR count). The number of nitrogens with one attached hydrogen (secondary N) is 6. The van der Waals surface area contributed by atoms with Crippen molar-refractivity contribution in [3.05, 3.63) is 58.7 Å². The van der Waals surface area contributed by atoms with Crippen LogP contribution in [0.2, 0.25) is 0 Å². The van der Waals surface area contributed by atoms with Crippen molar-refractivity contribution in [3.8, 4) is 0 Å². The smallest absolute Gasteiger partial charge is 0.354 e. The molecule has 2 aromatic carbocycles. The second-order valence-electron chi connectivity index (χ2n) is 11.8. The van der Waals surface area contributed by atoms with Gasteiger partial charge in [0.15, 0.2) is 5.96 Å². The van der Waals surface area contributed by atoms with Gasteiger partial charge in [0.05, 0.1) is 34.3 Å². The van der Waals surface area contributed by atoms with Crippen LogP contribution in [0.5, 0.6) is 0 Å². The number of halogens is 12. The maximum atomic E-state index is 13.2. The minimum Gasteiger partial charge on any atom is -0.354 e. The van der Waals surface area contributed by atoms with Crippen LogP contribution in [0.4, 0.5) is 73.6 Å². The normalized spacial score (nSPS) is 13.7. The van der Waals surface area contributed by atoms with Gasteiger partial charge in [0.25, 0.3) is 0 Å². The summed E-state index contributed by atoms with van der Waals surface area (Å²) < 4.78 is 158. The van der Waals surface area contributed by atoms with Gasteiger partial charge in [-0.2, -0.15) is 52.7 Å². The molecule has 0 aromatic heterocycles. The van der Waals surface area contributed by atoms with Gasteiger partial charge in [-0.05, 0) is 48.2 Å². The summed E-state index contributed by atoms with van der Waals surface area (Å²) in [7, 11) is 1.35. The molecule has 9 nitrogen and oxygen atoms in total. The van der Waals surface area contributed by atoms with Gasteiger partial charge < -0.3 is 31.9 Å². The molecule has 0 heterocycles. The van der Waals surface area contributed by atoms with Crippen LogP contribution in [0.3, 0.4) is 0 Å². The highest BCUT2D eigenvalue weighted by Crippen LogP contribution is 2.39. The second kappa shape index (κ2) is 16.6. The number of aliphatic imine (C=N–C) groups is 1. The van der Waals surface area contributed by atoms with Gasteiger partial charge in [-0.15, -0.1) is 0 Å². The zero-order valence-corrected chi connectivity index (χ0v) is 27.5. The zero-order chi connectivity index (χ0) is 39.1. The lowest BCUT2D eigenvalue weighted by molar-refractivity contribution is -0.144. The molecule has 2 aromatic rings. The Balaban J connectivity index is 2.06. The number of benzene rings is 2. The SMILES string of the molecule is CN=C(NC[C@@H](NC(=O)Nc1cc(C(F)(F)F)cc(C(F)(F)F)c1)C(C)C)NC[C@@H](NC(=O)Nc1cc(C(F)(F)F)cc(C(F)(F)F)c1)C(C)C. The van der Waals surface area contributed by atoms with E-state index < -0.39 is 82.5 Å². The Morgan fingerprint density at radius 3 is 1.04 bits per heavy atom. The monoisotopic (exact) mass is 753 g/mol. The first-order valence-electron chi connectivity index (χ1n) is 14.9. The van der Waals surface area contributed by atoms with E-state index in [1.165, 1.54) is 7.05 Å². The van der Waals surface area contributed by atoms with Gasteiger partial charge in [-0.3, -0.25) is 4.99 Å². The Hall–Kier alpha value is -4.59. The topological polar surface area (TPSA) is 119 Å². The minimum absolute atomic E-state index is 0.0709. The molecule has 0 unspecified atom stereocenters. The fraction of sp³-hybridized carbons (Fsp3) is 0.500. The van der Waals surface area contributed by atoms with Crippen molar-refractivity contribution in [2.24, 2.45) is 16.8 Å². The predicted molar refractivity (Wildman–Crippen MR) is 164 cm³/mol. The third kappa shape index (κ3) is 13.6. The van der Waals surface area contributed by atoms with Crippen LogP contribution in [0, 0.1) is 11.8 Å². The summed E-state index contributed by atoms with van der Waals surface area (Å²) >= 11 is 0. The summed E-state index contributed by atoms with van der Waals surface area (Å²) in [6.07, 6.45) is -20.5. The van der Waals surface area contributed by atoms with Gasteiger partial charge in [0.1, 0.15) is 0 Å². The Labute approximate surface area is 284 Å². The van der Waals surface area contributed by atoms with Crippen LogP contribution < -0.4 is 31.9 Å². The molecular formula is C30H35F12N7O2. The van der Waals surface area contributed by atoms with E-state index in [0.717, 1.165) is 0 Å². The molecule has 0 aliphatic carbocycles. The van der Waals surface area contributed by atoms with E-state index in [-0.39, 0.29) is 43.0 Å². The first-order chi connectivity index (χ1) is 23.2. The predicted octanol–water partition coefficient (Wildman–Crippen LogP) is 7.92. The molecule has 0 saturated carbocycles. The average Bonchev–Trinajstić information content (AvgIpc) is 2.97. The van der Waals surface area contributed by atoms with E-state index in [0.29, 0.717) is 24.3 Å². The standard InChI is InChI=1S/C30H35F12N7O2/c1-14(2)22(48-25(50)46-20-8-16(27(31,32)33)6-17(9-20)28(34,35)36)12-44-24(43-5)45-13-23(15(3)4)49-26(51)47-21-10-18(29(37,38)39)7-19(11-21)30(40,41)42/h6-11,14-15,22-23H,12-13H2,1-5H3,(H2,43,44,45)(H2,46,48,50)(H2,47,49,51)/t22-,23-/m1/s1. The van der Waals surface area contributed by atoms with Gasteiger partial charge in [0, 0.05) is 31.5 Å². The molecule has 0 radical (unpaired) electrons. The van der Waals surface area contributed by atoms with E-state index >= 15 is 0 Å². The van der Waals surface area contributed by atoms with Crippen molar-refractivity contribution in [3.63, 3.8) is 0 Å². The highest BCUT2D eigenvalue weighted by atomic mass is 19.4. The van der Waals surface area contributed by atoms with Crippen LogP contribution >= 0.6 is 0 Å². The highest BCUT2D eigenvalue weighted by molar-refractivity contribution is 5.90. The number of hydrogen-bond acceptors (Lipinski definition) is 3. The molecule has 51 heavy (non-hydrogen) atoms. The molecule has 2 atom stereocenters. The summed E-state index contributed by atoms with van der Waals surface area (Å²) in [6, 6.07) is -2.53. The van der Waals surface area contributed by atoms with Crippen molar-refractivity contribution >= 4 is 29.4 Å². The first-order valence-corrected chi connectivity index (χ1v) is 14.9. The number of rotatable bonds is 10. The molecule has 0 aliphatic heterocycles. The molecular weight excluding hydrogens is 718 g/mol. The molecule has 0 bridgehead atoms. The largest absolute Gasteiger partial charge is 0.416 e. The van der Waals surface area contributed by atoms with Gasteiger partial charge in [-0.25, -0.2) is 9.59 Å². The van der Waals surface area contributed by atoms with Gasteiger partial charge in [0.2, 0.25) is 0 Å². The van der Waals surface area contributed by atoms with Crippen molar-refractivity contribution in [1.82, 2.24) is 21.3 Å². The summed E-state index contributed by atoms with van der Waals surface area (Å²) in [5.74, 6) is -0.580. The van der Waals surface area contributed by atoms with Crippen LogP contribution in [-0.4, -0.2) is 50.2 Å². The average molecular weight is 754 g/mol. The van der Waals surface area contributed by atoms with Crippen molar-refractivity contribution in [2.75, 3.05) is 30.8 Å². The molecule has 0 aliphatic rings. The van der Waals surface area contributed by atoms with Gasteiger partial charge in [-0.1, -0.05) is 27.7 Å². The number of hydrogen-bond donors (Lipinski definition) is 6. The number of carbonyl (C=O) groups is 2. The lowest BCUT2D eigenvalue weighted by atomic mass is 10.0. The molecule has 0 spiro atoms. The minimum atomic E-state index is -5.13. The number of guanidine groups is 1. The third-order valence-corrected chi connectivity index (χ3v) is 7.14. The molecule has 286 valence electrons. The number of carbonyl (C=O) groups excluding carboxylic acids is 2. The summed E-state index contributed by atoms with van der Waals surface area (Å²) in [4.78, 5) is 29.2. The van der Waals surface area contributed by atoms with E-state index in [2.05, 4.69) is 26.3 Å². The van der Waals surface area contributed by atoms with Crippen molar-refractivity contribution in [1.29, 1.82) is 0 Å². The van der Waals surface area contributed by atoms with Crippen LogP contribution in [-0.2, 0) is 24.7 Å². The Morgan fingerprint density at radius 1 is 0.549 bits per heavy atom.